The Bertz CT molecular complexity index is 977. The molecule has 1 aliphatic heterocycles. The molecular weight excluding hydrogens is 356 g/mol. The standard InChI is InChI=1S/C21H24N4O3/c1-14-10-16(28-23-14)11-15-12-25(13-19(15)27-3)21(26)18-7-5-4-6-17(18)20-22-8-9-24(20)2/h4-10,15,19H,11-13H2,1-3H3/t15-,19+/m1/s1. The summed E-state index contributed by atoms with van der Waals surface area (Å²) in [6.45, 7) is 3.08. The van der Waals surface area contributed by atoms with E-state index in [4.69, 9.17) is 9.26 Å². The Morgan fingerprint density at radius 1 is 1.32 bits per heavy atom. The number of amides is 1. The SMILES string of the molecule is CO[C@H]1CN(C(=O)c2ccccc2-c2nccn2C)C[C@H]1Cc1cc(C)no1. The van der Waals surface area contributed by atoms with Crippen LogP contribution < -0.4 is 0 Å². The van der Waals surface area contributed by atoms with Gasteiger partial charge in [0.25, 0.3) is 5.91 Å². The number of carbonyl (C=O) groups is 1. The van der Waals surface area contributed by atoms with Crippen LogP contribution in [-0.4, -0.2) is 51.8 Å². The molecule has 3 aromatic rings. The number of benzene rings is 1. The number of carbonyl (C=O) groups excluding carboxylic acids is 1. The third-order valence-corrected chi connectivity index (χ3v) is 5.33. The van der Waals surface area contributed by atoms with Crippen LogP contribution in [0, 0.1) is 12.8 Å². The largest absolute Gasteiger partial charge is 0.379 e. The van der Waals surface area contributed by atoms with Gasteiger partial charge in [-0.1, -0.05) is 23.4 Å². The van der Waals surface area contributed by atoms with Gasteiger partial charge >= 0.3 is 0 Å². The van der Waals surface area contributed by atoms with Crippen LogP contribution in [0.1, 0.15) is 21.8 Å². The molecule has 146 valence electrons. The van der Waals surface area contributed by atoms with Crippen molar-refractivity contribution in [3.05, 3.63) is 59.7 Å². The van der Waals surface area contributed by atoms with Crippen molar-refractivity contribution in [1.29, 1.82) is 0 Å². The van der Waals surface area contributed by atoms with Gasteiger partial charge in [0.15, 0.2) is 0 Å². The second-order valence-electron chi connectivity index (χ2n) is 7.29. The van der Waals surface area contributed by atoms with Crippen LogP contribution in [0.15, 0.2) is 47.2 Å². The fourth-order valence-electron chi connectivity index (χ4n) is 3.90. The topological polar surface area (TPSA) is 73.4 Å². The average Bonchev–Trinajstić information content (AvgIpc) is 3.41. The zero-order valence-electron chi connectivity index (χ0n) is 16.3. The second-order valence-corrected chi connectivity index (χ2v) is 7.29. The van der Waals surface area contributed by atoms with Gasteiger partial charge in [-0.2, -0.15) is 0 Å². The fraction of sp³-hybridized carbons (Fsp3) is 0.381. The van der Waals surface area contributed by atoms with Crippen LogP contribution in [-0.2, 0) is 18.2 Å². The van der Waals surface area contributed by atoms with Crippen LogP contribution in [0.4, 0.5) is 0 Å². The molecular formula is C21H24N4O3. The minimum Gasteiger partial charge on any atom is -0.379 e. The van der Waals surface area contributed by atoms with Gasteiger partial charge in [-0.15, -0.1) is 0 Å². The Hall–Kier alpha value is -2.93. The number of nitrogens with zero attached hydrogens (tertiary/aromatic N) is 4. The van der Waals surface area contributed by atoms with E-state index in [9.17, 15) is 4.79 Å². The molecule has 0 N–H and O–H groups in total. The summed E-state index contributed by atoms with van der Waals surface area (Å²) in [4.78, 5) is 19.6. The number of imidazole rings is 1. The number of methoxy groups -OCH3 is 1. The van der Waals surface area contributed by atoms with Gasteiger partial charge in [0.1, 0.15) is 11.6 Å². The minimum atomic E-state index is -0.0327. The van der Waals surface area contributed by atoms with E-state index in [1.165, 1.54) is 0 Å². The van der Waals surface area contributed by atoms with E-state index in [1.54, 1.807) is 13.3 Å². The summed E-state index contributed by atoms with van der Waals surface area (Å²) in [6, 6.07) is 9.55. The van der Waals surface area contributed by atoms with Crippen molar-refractivity contribution in [2.45, 2.75) is 19.4 Å². The number of hydrogen-bond donors (Lipinski definition) is 0. The highest BCUT2D eigenvalue weighted by Gasteiger charge is 2.37. The maximum absolute atomic E-state index is 13.3. The molecule has 0 unspecified atom stereocenters. The number of hydrogen-bond acceptors (Lipinski definition) is 5. The first-order chi connectivity index (χ1) is 13.6. The average molecular weight is 380 g/mol. The highest BCUT2D eigenvalue weighted by atomic mass is 16.5. The molecule has 1 saturated heterocycles. The molecule has 2 atom stereocenters. The van der Waals surface area contributed by atoms with Crippen LogP contribution in [0.25, 0.3) is 11.4 Å². The van der Waals surface area contributed by atoms with Crippen molar-refractivity contribution in [3.8, 4) is 11.4 Å². The van der Waals surface area contributed by atoms with E-state index in [0.29, 0.717) is 25.1 Å². The Morgan fingerprint density at radius 3 is 2.82 bits per heavy atom. The summed E-state index contributed by atoms with van der Waals surface area (Å²) in [7, 11) is 3.62. The predicted molar refractivity (Wildman–Crippen MR) is 104 cm³/mol. The minimum absolute atomic E-state index is 0.00287. The summed E-state index contributed by atoms with van der Waals surface area (Å²) in [5.41, 5.74) is 2.35. The molecule has 0 bridgehead atoms. The molecule has 4 rings (SSSR count). The van der Waals surface area contributed by atoms with E-state index in [0.717, 1.165) is 22.8 Å². The van der Waals surface area contributed by atoms with Gasteiger partial charge in [0.05, 0.1) is 17.4 Å². The number of aromatic nitrogens is 3. The predicted octanol–water partition coefficient (Wildman–Crippen LogP) is 2.71. The summed E-state index contributed by atoms with van der Waals surface area (Å²) < 4.78 is 12.9. The number of ether oxygens (including phenoxy) is 1. The Balaban J connectivity index is 1.57. The molecule has 1 fully saturated rings. The van der Waals surface area contributed by atoms with Crippen LogP contribution in [0.2, 0.25) is 0 Å². The van der Waals surface area contributed by atoms with Crippen molar-refractivity contribution in [2.75, 3.05) is 20.2 Å². The summed E-state index contributed by atoms with van der Waals surface area (Å²) in [6.07, 6.45) is 4.28. The van der Waals surface area contributed by atoms with Crippen LogP contribution in [0.3, 0.4) is 0 Å². The highest BCUT2D eigenvalue weighted by molar-refractivity contribution is 6.00. The second kappa shape index (κ2) is 7.59. The number of rotatable bonds is 5. The summed E-state index contributed by atoms with van der Waals surface area (Å²) in [5.74, 6) is 1.77. The molecule has 1 aliphatic rings. The van der Waals surface area contributed by atoms with Gasteiger partial charge in [-0.3, -0.25) is 4.79 Å². The maximum atomic E-state index is 13.3. The van der Waals surface area contributed by atoms with Gasteiger partial charge in [0.2, 0.25) is 0 Å². The molecule has 1 amide bonds. The Morgan fingerprint density at radius 2 is 2.14 bits per heavy atom. The van der Waals surface area contributed by atoms with E-state index in [2.05, 4.69) is 10.1 Å². The first kappa shape index (κ1) is 18.4. The third-order valence-electron chi connectivity index (χ3n) is 5.33. The monoisotopic (exact) mass is 380 g/mol. The molecule has 3 heterocycles. The molecule has 7 heteroatoms. The molecule has 2 aromatic heterocycles. The van der Waals surface area contributed by atoms with Crippen molar-refractivity contribution >= 4 is 5.91 Å². The first-order valence-corrected chi connectivity index (χ1v) is 9.37. The lowest BCUT2D eigenvalue weighted by Crippen LogP contribution is -2.30. The molecule has 7 nitrogen and oxygen atoms in total. The van der Waals surface area contributed by atoms with Gasteiger partial charge < -0.3 is 18.7 Å². The molecule has 0 aliphatic carbocycles. The maximum Gasteiger partial charge on any atom is 0.254 e. The lowest BCUT2D eigenvalue weighted by atomic mass is 10.0. The lowest BCUT2D eigenvalue weighted by molar-refractivity contribution is 0.0673. The third kappa shape index (κ3) is 3.45. The Kier molecular flexibility index (Phi) is 5.00. The smallest absolute Gasteiger partial charge is 0.254 e. The van der Waals surface area contributed by atoms with Crippen molar-refractivity contribution in [1.82, 2.24) is 19.6 Å². The van der Waals surface area contributed by atoms with Gasteiger partial charge in [-0.25, -0.2) is 4.98 Å². The van der Waals surface area contributed by atoms with Crippen LogP contribution >= 0.6 is 0 Å². The van der Waals surface area contributed by atoms with E-state index < -0.39 is 0 Å². The molecule has 28 heavy (non-hydrogen) atoms. The molecule has 0 saturated carbocycles. The quantitative estimate of drug-likeness (QED) is 0.680. The summed E-state index contributed by atoms with van der Waals surface area (Å²) >= 11 is 0. The van der Waals surface area contributed by atoms with Gasteiger partial charge in [-0.05, 0) is 13.0 Å². The normalized spacial score (nSPS) is 19.3. The van der Waals surface area contributed by atoms with E-state index in [1.807, 2.05) is 60.0 Å². The number of likely N-dealkylation sites (tertiary alicyclic amines) is 1. The molecule has 1 aromatic carbocycles. The molecule has 0 radical (unpaired) electrons. The Labute approximate surface area is 163 Å². The summed E-state index contributed by atoms with van der Waals surface area (Å²) in [5, 5.41) is 3.95. The first-order valence-electron chi connectivity index (χ1n) is 9.37. The molecule has 0 spiro atoms. The van der Waals surface area contributed by atoms with Gasteiger partial charge in [0, 0.05) is 63.6 Å². The van der Waals surface area contributed by atoms with Crippen molar-refractivity contribution in [3.63, 3.8) is 0 Å². The highest BCUT2D eigenvalue weighted by Crippen LogP contribution is 2.28. The number of aryl methyl sites for hydroxylation is 2. The van der Waals surface area contributed by atoms with Crippen molar-refractivity contribution in [2.24, 2.45) is 13.0 Å². The van der Waals surface area contributed by atoms with E-state index >= 15 is 0 Å². The lowest BCUT2D eigenvalue weighted by Gasteiger charge is -2.18. The zero-order valence-corrected chi connectivity index (χ0v) is 16.3. The van der Waals surface area contributed by atoms with E-state index in [-0.39, 0.29) is 17.9 Å². The van der Waals surface area contributed by atoms with Crippen LogP contribution in [0.5, 0.6) is 0 Å². The van der Waals surface area contributed by atoms with Crippen molar-refractivity contribution < 1.29 is 14.1 Å². The fourth-order valence-corrected chi connectivity index (χ4v) is 3.90. The zero-order chi connectivity index (χ0) is 19.7.